The van der Waals surface area contributed by atoms with Crippen molar-refractivity contribution in [2.24, 2.45) is 0 Å². The summed E-state index contributed by atoms with van der Waals surface area (Å²) in [4.78, 5) is 0. The molecule has 0 aliphatic rings. The van der Waals surface area contributed by atoms with Crippen molar-refractivity contribution in [1.82, 2.24) is 0 Å². The van der Waals surface area contributed by atoms with E-state index in [4.69, 9.17) is 0 Å². The third-order valence-corrected chi connectivity index (χ3v) is 8.93. The zero-order valence-electron chi connectivity index (χ0n) is 26.7. The second kappa shape index (κ2) is 19.9. The lowest BCUT2D eigenvalue weighted by molar-refractivity contribution is -0.671. The summed E-state index contributed by atoms with van der Waals surface area (Å²) < 4.78 is 2.38. The van der Waals surface area contributed by atoms with E-state index in [0.717, 1.165) is 18.3 Å². The Morgan fingerprint density at radius 2 is 0.870 bits per heavy atom. The first-order chi connectivity index (χ1) is 22.3. The number of hydrogen-bond acceptors (Lipinski definition) is 0. The summed E-state index contributed by atoms with van der Waals surface area (Å²) >= 11 is 3.47. The smallest absolute Gasteiger partial charge is 0.212 e. The van der Waals surface area contributed by atoms with E-state index in [2.05, 4.69) is 172 Å². The first-order valence-corrected chi connectivity index (χ1v) is 17.6. The first-order valence-electron chi connectivity index (χ1n) is 16.5. The van der Waals surface area contributed by atoms with E-state index in [1.54, 1.807) is 0 Å². The fourth-order valence-electron chi connectivity index (χ4n) is 5.79. The zero-order valence-corrected chi connectivity index (χ0v) is 29.9. The molecule has 46 heavy (non-hydrogen) atoms. The number of pyridine rings is 1. The van der Waals surface area contributed by atoms with Crippen LogP contribution in [0.1, 0.15) is 49.7 Å². The van der Waals surface area contributed by atoms with Crippen LogP contribution in [0.4, 0.5) is 0 Å². The van der Waals surface area contributed by atoms with Gasteiger partial charge in [-0.3, -0.25) is 0 Å². The Morgan fingerprint density at radius 1 is 0.413 bits per heavy atom. The highest BCUT2D eigenvalue weighted by atomic mass is 79.9. The predicted molar refractivity (Wildman–Crippen MR) is 197 cm³/mol. The summed E-state index contributed by atoms with van der Waals surface area (Å²) in [5.74, 6) is 0. The zero-order chi connectivity index (χ0) is 30.9. The molecule has 0 fully saturated rings. The topological polar surface area (TPSA) is 3.88 Å². The van der Waals surface area contributed by atoms with Gasteiger partial charge in [0.2, 0.25) is 5.52 Å². The third kappa shape index (κ3) is 11.1. The van der Waals surface area contributed by atoms with Crippen LogP contribution in [-0.2, 0) is 19.4 Å². The van der Waals surface area contributed by atoms with Crippen molar-refractivity contribution in [1.29, 1.82) is 0 Å². The maximum Gasteiger partial charge on any atom is 0.212 e. The number of nitrogens with zero attached hydrogens (tertiary/aromatic N) is 1. The van der Waals surface area contributed by atoms with Crippen molar-refractivity contribution in [3.63, 3.8) is 0 Å². The van der Waals surface area contributed by atoms with E-state index >= 15 is 0 Å². The number of hydrogen-bond donors (Lipinski definition) is 0. The summed E-state index contributed by atoms with van der Waals surface area (Å²) in [6.45, 7) is 1.09. The normalized spacial score (nSPS) is 10.5. The summed E-state index contributed by atoms with van der Waals surface area (Å²) in [7, 11) is 0. The number of fused-ring (bicyclic) bond motifs is 1. The van der Waals surface area contributed by atoms with Crippen LogP contribution in [0.2, 0.25) is 0 Å². The lowest BCUT2D eigenvalue weighted by Crippen LogP contribution is -3.00. The van der Waals surface area contributed by atoms with Gasteiger partial charge in [-0.2, -0.15) is 4.57 Å². The number of aryl methyl sites for hydroxylation is 3. The van der Waals surface area contributed by atoms with Gasteiger partial charge in [-0.25, -0.2) is 0 Å². The molecular weight excluding hydrogens is 690 g/mol. The largest absolute Gasteiger partial charge is 1.00 e. The van der Waals surface area contributed by atoms with Crippen molar-refractivity contribution in [2.45, 2.75) is 57.9 Å². The Morgan fingerprint density at radius 3 is 1.41 bits per heavy atom. The molecule has 0 spiro atoms. The van der Waals surface area contributed by atoms with Crippen LogP contribution in [0.25, 0.3) is 33.2 Å². The highest BCUT2D eigenvalue weighted by Crippen LogP contribution is 2.21. The minimum absolute atomic E-state index is 0. The van der Waals surface area contributed by atoms with Gasteiger partial charge in [0, 0.05) is 29.3 Å². The minimum Gasteiger partial charge on any atom is -1.00 e. The number of para-hydroxylation sites is 1. The molecule has 5 aromatic carbocycles. The van der Waals surface area contributed by atoms with Crippen LogP contribution in [0, 0.1) is 0 Å². The average molecular weight is 736 g/mol. The van der Waals surface area contributed by atoms with Gasteiger partial charge >= 0.3 is 0 Å². The lowest BCUT2D eigenvalue weighted by Gasteiger charge is -2.05. The van der Waals surface area contributed by atoms with Crippen LogP contribution >= 0.6 is 15.9 Å². The molecule has 0 aliphatic heterocycles. The highest BCUT2D eigenvalue weighted by molar-refractivity contribution is 9.09. The molecular formula is C43H45Br2N. The maximum absolute atomic E-state index is 3.47. The Labute approximate surface area is 295 Å². The molecule has 0 unspecified atom stereocenters. The van der Waals surface area contributed by atoms with Gasteiger partial charge in [0.25, 0.3) is 0 Å². The summed E-state index contributed by atoms with van der Waals surface area (Å²) in [6, 6.07) is 52.1. The van der Waals surface area contributed by atoms with Gasteiger partial charge in [-0.1, -0.05) is 144 Å². The quantitative estimate of drug-likeness (QED) is 0.0636. The van der Waals surface area contributed by atoms with Crippen molar-refractivity contribution < 1.29 is 21.5 Å². The second-order valence-electron chi connectivity index (χ2n) is 11.7. The Kier molecular flexibility index (Phi) is 15.3. The molecule has 6 rings (SSSR count). The maximum atomic E-state index is 3.47. The molecule has 236 valence electrons. The van der Waals surface area contributed by atoms with Gasteiger partial charge in [-0.15, -0.1) is 0 Å². The molecule has 0 radical (unpaired) electrons. The molecule has 3 heteroatoms. The monoisotopic (exact) mass is 733 g/mol. The van der Waals surface area contributed by atoms with E-state index in [1.807, 2.05) is 0 Å². The number of rotatable bonds is 13. The van der Waals surface area contributed by atoms with Crippen molar-refractivity contribution in [3.05, 3.63) is 163 Å². The summed E-state index contributed by atoms with van der Waals surface area (Å²) in [6.07, 6.45) is 12.2. The van der Waals surface area contributed by atoms with Crippen molar-refractivity contribution in [2.75, 3.05) is 5.33 Å². The molecule has 0 atom stereocenters. The molecule has 0 saturated carbocycles. The van der Waals surface area contributed by atoms with Crippen molar-refractivity contribution >= 4 is 26.8 Å². The van der Waals surface area contributed by atoms with Crippen LogP contribution in [0.15, 0.2) is 152 Å². The van der Waals surface area contributed by atoms with Crippen LogP contribution < -0.4 is 21.5 Å². The average Bonchev–Trinajstić information content (AvgIpc) is 3.12. The molecule has 0 amide bonds. The molecule has 0 bridgehead atoms. The predicted octanol–water partition coefficient (Wildman–Crippen LogP) is 8.67. The van der Waals surface area contributed by atoms with Gasteiger partial charge < -0.3 is 17.0 Å². The molecule has 0 N–H and O–H groups in total. The lowest BCUT2D eigenvalue weighted by atomic mass is 10.0. The van der Waals surface area contributed by atoms with Crippen LogP contribution in [-0.4, -0.2) is 5.33 Å². The molecule has 6 aromatic rings. The summed E-state index contributed by atoms with van der Waals surface area (Å²) in [5.41, 5.74) is 9.40. The molecule has 1 aromatic heterocycles. The second-order valence-corrected chi connectivity index (χ2v) is 12.5. The number of alkyl halides is 1. The Balaban J connectivity index is 0.000000221. The van der Waals surface area contributed by atoms with Gasteiger partial charge in [0.05, 0.1) is 0 Å². The molecule has 1 heterocycles. The van der Waals surface area contributed by atoms with E-state index in [9.17, 15) is 0 Å². The molecule has 0 saturated heterocycles. The number of benzene rings is 5. The minimum atomic E-state index is 0. The Hall–Kier alpha value is -3.53. The van der Waals surface area contributed by atoms with Crippen molar-refractivity contribution in [3.8, 4) is 22.3 Å². The van der Waals surface area contributed by atoms with E-state index in [-0.39, 0.29) is 17.0 Å². The number of halogens is 2. The van der Waals surface area contributed by atoms with Gasteiger partial charge in [0.1, 0.15) is 6.54 Å². The van der Waals surface area contributed by atoms with Gasteiger partial charge in [0.15, 0.2) is 6.20 Å². The van der Waals surface area contributed by atoms with Crippen LogP contribution in [0.5, 0.6) is 0 Å². The SMILES string of the molecule is BrCCCCCc1ccc(-c2ccccc2)cc1.[Br-].c1ccc(-c2ccc(CCCCC[n+]3cccc4ccccc43)cc2)cc1. The fourth-order valence-corrected chi connectivity index (χ4v) is 6.19. The fraction of sp³-hybridized carbons (Fsp3) is 0.233. The molecule has 0 aliphatic carbocycles. The third-order valence-electron chi connectivity index (χ3n) is 8.37. The Bertz CT molecular complexity index is 1680. The standard InChI is InChI=1S/C26H26N.C17H19Br.BrH/c1-4-11-23(12-5-1)24-18-16-22(17-19-24)10-3-2-8-20-27-21-9-14-25-13-6-7-15-26(25)27;18-14-6-2-3-7-15-10-12-17(13-11-15)16-8-4-1-5-9-16;/h1,4-7,9,11-19,21H,2-3,8,10,20H2;1,4-5,8-13H,2-3,6-7,14H2;1H/q+1;;/p-1. The van der Waals surface area contributed by atoms with E-state index in [0.29, 0.717) is 0 Å². The van der Waals surface area contributed by atoms with E-state index in [1.165, 1.54) is 89.2 Å². The summed E-state index contributed by atoms with van der Waals surface area (Å²) in [5, 5.41) is 2.44. The number of unbranched alkanes of at least 4 members (excludes halogenated alkanes) is 4. The first kappa shape index (κ1) is 35.3. The van der Waals surface area contributed by atoms with Gasteiger partial charge in [-0.05, 0) is 84.0 Å². The van der Waals surface area contributed by atoms with E-state index < -0.39 is 0 Å². The number of aromatic nitrogens is 1. The highest BCUT2D eigenvalue weighted by Gasteiger charge is 2.07. The molecule has 1 nitrogen and oxygen atoms in total. The van der Waals surface area contributed by atoms with Crippen LogP contribution in [0.3, 0.4) is 0 Å².